The molecule has 108 valence electrons. The lowest BCUT2D eigenvalue weighted by atomic mass is 10.2. The average molecular weight is 323 g/mol. The summed E-state index contributed by atoms with van der Waals surface area (Å²) in [5.41, 5.74) is 0.633. The molecule has 4 rings (SSSR count). The number of ether oxygens (including phenoxy) is 1. The van der Waals surface area contributed by atoms with E-state index in [1.54, 1.807) is 16.6 Å². The maximum absolute atomic E-state index is 10.0. The lowest BCUT2D eigenvalue weighted by molar-refractivity contribution is 0.103. The highest BCUT2D eigenvalue weighted by Crippen LogP contribution is 2.35. The minimum Gasteiger partial charge on any atom is -0.507 e. The zero-order chi connectivity index (χ0) is 14.4. The van der Waals surface area contributed by atoms with Crippen molar-refractivity contribution in [2.24, 2.45) is 0 Å². The van der Waals surface area contributed by atoms with Crippen LogP contribution in [0.3, 0.4) is 0 Å². The molecule has 1 aromatic carbocycles. The van der Waals surface area contributed by atoms with Gasteiger partial charge in [0, 0.05) is 11.6 Å². The van der Waals surface area contributed by atoms with Crippen molar-refractivity contribution in [3.05, 3.63) is 29.0 Å². The van der Waals surface area contributed by atoms with Crippen LogP contribution in [0.1, 0.15) is 24.8 Å². The van der Waals surface area contributed by atoms with Crippen LogP contribution in [0, 0.1) is 0 Å². The molecule has 0 aliphatic carbocycles. The molecule has 1 N–H and O–H groups in total. The van der Waals surface area contributed by atoms with Gasteiger partial charge in [-0.2, -0.15) is 9.61 Å². The van der Waals surface area contributed by atoms with Crippen LogP contribution in [-0.2, 0) is 4.74 Å². The first-order valence-electron chi connectivity index (χ1n) is 6.55. The number of hydrogen-bond acceptors (Lipinski definition) is 6. The van der Waals surface area contributed by atoms with Gasteiger partial charge in [0.25, 0.3) is 0 Å². The van der Waals surface area contributed by atoms with E-state index < -0.39 is 0 Å². The Morgan fingerprint density at radius 3 is 3.05 bits per heavy atom. The molecule has 8 heteroatoms. The van der Waals surface area contributed by atoms with Gasteiger partial charge >= 0.3 is 0 Å². The predicted molar refractivity (Wildman–Crippen MR) is 78.7 cm³/mol. The first-order valence-corrected chi connectivity index (χ1v) is 7.74. The van der Waals surface area contributed by atoms with Crippen molar-refractivity contribution in [2.45, 2.75) is 18.9 Å². The number of aromatic hydroxyl groups is 1. The molecule has 0 saturated carbocycles. The molecule has 0 radical (unpaired) electrons. The van der Waals surface area contributed by atoms with Gasteiger partial charge in [-0.15, -0.1) is 10.2 Å². The quantitative estimate of drug-likeness (QED) is 0.785. The van der Waals surface area contributed by atoms with E-state index in [1.807, 2.05) is 0 Å². The molecular weight excluding hydrogens is 312 g/mol. The van der Waals surface area contributed by atoms with E-state index in [0.29, 0.717) is 20.6 Å². The molecule has 1 saturated heterocycles. The van der Waals surface area contributed by atoms with Gasteiger partial charge in [-0.3, -0.25) is 0 Å². The number of nitrogens with zero attached hydrogens (tertiary/aromatic N) is 4. The number of phenols is 1. The fourth-order valence-electron chi connectivity index (χ4n) is 2.41. The monoisotopic (exact) mass is 322 g/mol. The zero-order valence-corrected chi connectivity index (χ0v) is 12.4. The van der Waals surface area contributed by atoms with E-state index in [9.17, 15) is 5.11 Å². The normalized spacial score (nSPS) is 18.6. The maximum Gasteiger partial charge on any atom is 0.235 e. The summed E-state index contributed by atoms with van der Waals surface area (Å²) in [4.78, 5) is 0.685. The van der Waals surface area contributed by atoms with E-state index in [0.717, 1.165) is 25.3 Å². The number of rotatable bonds is 2. The van der Waals surface area contributed by atoms with Crippen LogP contribution in [0.25, 0.3) is 15.5 Å². The number of benzene rings is 1. The summed E-state index contributed by atoms with van der Waals surface area (Å²) in [7, 11) is 0. The standard InChI is InChI=1S/C13H11ClN4O2S/c14-7-3-4-8(9(19)6-7)12-17-18-11(10-2-1-5-20-10)15-16-13(18)21-12/h3-4,6,10,19H,1-2,5H2. The first kappa shape index (κ1) is 13.0. The summed E-state index contributed by atoms with van der Waals surface area (Å²) in [6.07, 6.45) is 1.91. The molecule has 0 bridgehead atoms. The van der Waals surface area contributed by atoms with Crippen LogP contribution in [-0.4, -0.2) is 31.5 Å². The van der Waals surface area contributed by atoms with Gasteiger partial charge in [0.2, 0.25) is 4.96 Å². The van der Waals surface area contributed by atoms with Crippen molar-refractivity contribution in [3.8, 4) is 16.3 Å². The molecule has 1 atom stereocenters. The lowest BCUT2D eigenvalue weighted by Crippen LogP contribution is -2.03. The average Bonchev–Trinajstić information content (AvgIpc) is 3.13. The Hall–Kier alpha value is -1.70. The van der Waals surface area contributed by atoms with E-state index in [-0.39, 0.29) is 11.9 Å². The molecule has 3 heterocycles. The summed E-state index contributed by atoms with van der Waals surface area (Å²) in [5, 5.41) is 24.0. The Morgan fingerprint density at radius 2 is 2.29 bits per heavy atom. The smallest absolute Gasteiger partial charge is 0.235 e. The van der Waals surface area contributed by atoms with Gasteiger partial charge in [-0.1, -0.05) is 22.9 Å². The maximum atomic E-state index is 10.0. The number of fused-ring (bicyclic) bond motifs is 1. The molecule has 0 spiro atoms. The second kappa shape index (κ2) is 4.94. The highest BCUT2D eigenvalue weighted by atomic mass is 35.5. The number of halogens is 1. The first-order chi connectivity index (χ1) is 10.2. The third-order valence-electron chi connectivity index (χ3n) is 3.42. The van der Waals surface area contributed by atoms with Crippen molar-refractivity contribution < 1.29 is 9.84 Å². The summed E-state index contributed by atoms with van der Waals surface area (Å²) in [6, 6.07) is 4.97. The fraction of sp³-hybridized carbons (Fsp3) is 0.308. The molecule has 1 aliphatic rings. The lowest BCUT2D eigenvalue weighted by Gasteiger charge is -2.04. The second-order valence-corrected chi connectivity index (χ2v) is 6.22. The third kappa shape index (κ3) is 2.17. The van der Waals surface area contributed by atoms with Crippen molar-refractivity contribution in [1.29, 1.82) is 0 Å². The van der Waals surface area contributed by atoms with Crippen LogP contribution in [0.2, 0.25) is 5.02 Å². The van der Waals surface area contributed by atoms with Crippen molar-refractivity contribution in [3.63, 3.8) is 0 Å². The van der Waals surface area contributed by atoms with Gasteiger partial charge in [0.15, 0.2) is 10.8 Å². The highest BCUT2D eigenvalue weighted by Gasteiger charge is 2.25. The Labute approximate surface area is 129 Å². The van der Waals surface area contributed by atoms with E-state index in [2.05, 4.69) is 15.3 Å². The van der Waals surface area contributed by atoms with Crippen LogP contribution < -0.4 is 0 Å². The minimum atomic E-state index is -0.0474. The fourth-order valence-corrected chi connectivity index (χ4v) is 3.46. The van der Waals surface area contributed by atoms with Gasteiger partial charge in [0.05, 0.1) is 5.56 Å². The molecule has 6 nitrogen and oxygen atoms in total. The van der Waals surface area contributed by atoms with Crippen LogP contribution in [0.5, 0.6) is 5.75 Å². The topological polar surface area (TPSA) is 72.5 Å². The minimum absolute atomic E-state index is 0.0474. The molecule has 1 unspecified atom stereocenters. The van der Waals surface area contributed by atoms with E-state index in [4.69, 9.17) is 16.3 Å². The largest absolute Gasteiger partial charge is 0.507 e. The van der Waals surface area contributed by atoms with Gasteiger partial charge in [-0.25, -0.2) is 0 Å². The predicted octanol–water partition coefficient (Wildman–Crippen LogP) is 3.06. The molecule has 1 aliphatic heterocycles. The third-order valence-corrected chi connectivity index (χ3v) is 4.59. The van der Waals surface area contributed by atoms with Crippen LogP contribution >= 0.6 is 22.9 Å². The summed E-state index contributed by atoms with van der Waals surface area (Å²) in [6.45, 7) is 0.745. The Bertz CT molecular complexity index is 810. The summed E-state index contributed by atoms with van der Waals surface area (Å²) >= 11 is 7.22. The molecule has 0 amide bonds. The molecule has 3 aromatic rings. The number of hydrogen-bond donors (Lipinski definition) is 1. The van der Waals surface area contributed by atoms with Crippen molar-refractivity contribution in [1.82, 2.24) is 19.8 Å². The second-order valence-electron chi connectivity index (χ2n) is 4.82. The Kier molecular flexibility index (Phi) is 3.06. The van der Waals surface area contributed by atoms with Crippen molar-refractivity contribution >= 4 is 27.9 Å². The Balaban J connectivity index is 1.80. The molecular formula is C13H11ClN4O2S. The number of aromatic nitrogens is 4. The summed E-state index contributed by atoms with van der Waals surface area (Å²) < 4.78 is 7.33. The zero-order valence-electron chi connectivity index (χ0n) is 10.9. The summed E-state index contributed by atoms with van der Waals surface area (Å²) in [5.74, 6) is 0.824. The Morgan fingerprint density at radius 1 is 1.38 bits per heavy atom. The number of phenolic OH excluding ortho intramolecular Hbond substituents is 1. The van der Waals surface area contributed by atoms with Gasteiger partial charge in [-0.05, 0) is 31.0 Å². The molecule has 1 fully saturated rings. The molecule has 21 heavy (non-hydrogen) atoms. The molecule has 2 aromatic heterocycles. The van der Waals surface area contributed by atoms with Gasteiger partial charge < -0.3 is 9.84 Å². The van der Waals surface area contributed by atoms with Crippen molar-refractivity contribution in [2.75, 3.05) is 6.61 Å². The van der Waals surface area contributed by atoms with E-state index in [1.165, 1.54) is 17.4 Å². The van der Waals surface area contributed by atoms with Gasteiger partial charge in [0.1, 0.15) is 11.9 Å². The highest BCUT2D eigenvalue weighted by molar-refractivity contribution is 7.19. The van der Waals surface area contributed by atoms with Crippen LogP contribution in [0.15, 0.2) is 18.2 Å². The van der Waals surface area contributed by atoms with E-state index >= 15 is 0 Å². The van der Waals surface area contributed by atoms with Crippen LogP contribution in [0.4, 0.5) is 0 Å². The SMILES string of the molecule is Oc1cc(Cl)ccc1-c1nn2c(C3CCCO3)nnc2s1.